The van der Waals surface area contributed by atoms with Crippen molar-refractivity contribution in [2.24, 2.45) is 11.7 Å². The minimum atomic E-state index is -0.925. The van der Waals surface area contributed by atoms with Crippen molar-refractivity contribution in [1.82, 2.24) is 0 Å². The van der Waals surface area contributed by atoms with Gasteiger partial charge in [-0.25, -0.2) is 0 Å². The number of thioether (sulfide) groups is 1. The summed E-state index contributed by atoms with van der Waals surface area (Å²) >= 11 is 1.47. The number of ether oxygens (including phenoxy) is 1. The predicted molar refractivity (Wildman–Crippen MR) is 70.8 cm³/mol. The fourth-order valence-corrected chi connectivity index (χ4v) is 1.96. The van der Waals surface area contributed by atoms with Gasteiger partial charge in [-0.3, -0.25) is 9.59 Å². The van der Waals surface area contributed by atoms with Gasteiger partial charge in [-0.15, -0.1) is 0 Å². The highest BCUT2D eigenvalue weighted by Crippen LogP contribution is 2.12. The summed E-state index contributed by atoms with van der Waals surface area (Å²) < 4.78 is 4.84. The monoisotopic (exact) mass is 257 g/mol. The largest absolute Gasteiger partial charge is 0.460 e. The molecule has 96 valence electrons. The molecular weight excluding hydrogens is 238 g/mol. The van der Waals surface area contributed by atoms with Crippen LogP contribution in [-0.2, 0) is 14.3 Å². The highest BCUT2D eigenvalue weighted by atomic mass is 32.2. The number of nitrogens with two attached hydrogens (primary N) is 1. The summed E-state index contributed by atoms with van der Waals surface area (Å²) in [6.45, 7) is 5.29. The maximum absolute atomic E-state index is 11.7. The molecule has 0 aliphatic heterocycles. The highest BCUT2D eigenvalue weighted by molar-refractivity contribution is 7.98. The summed E-state index contributed by atoms with van der Waals surface area (Å²) in [7, 11) is 0. The molecule has 0 saturated heterocycles. The summed E-state index contributed by atoms with van der Waals surface area (Å²) in [5.41, 5.74) is 5.74. The zero-order valence-electron chi connectivity index (χ0n) is 10.2. The topological polar surface area (TPSA) is 69.4 Å². The smallest absolute Gasteiger partial charge is 0.324 e. The van der Waals surface area contributed by atoms with Gasteiger partial charge in [0.05, 0.1) is 5.92 Å². The van der Waals surface area contributed by atoms with Crippen LogP contribution in [-0.4, -0.2) is 36.4 Å². The highest BCUT2D eigenvalue weighted by Gasteiger charge is 2.29. The van der Waals surface area contributed by atoms with Crippen LogP contribution in [0.15, 0.2) is 24.8 Å². The lowest BCUT2D eigenvalue weighted by molar-refractivity contribution is -0.146. The molecule has 2 N–H and O–H groups in total. The Bertz CT molecular complexity index is 302. The molecule has 0 spiro atoms. The molecule has 0 aromatic heterocycles. The summed E-state index contributed by atoms with van der Waals surface area (Å²) in [5.74, 6) is -0.765. The lowest BCUT2D eigenvalue weighted by Crippen LogP contribution is -2.44. The van der Waals surface area contributed by atoms with Crippen LogP contribution in [0.2, 0.25) is 0 Å². The first-order valence-electron chi connectivity index (χ1n) is 5.27. The van der Waals surface area contributed by atoms with E-state index in [4.69, 9.17) is 10.5 Å². The fourth-order valence-electron chi connectivity index (χ4n) is 1.23. The van der Waals surface area contributed by atoms with Gasteiger partial charge in [0.25, 0.3) is 0 Å². The minimum Gasteiger partial charge on any atom is -0.460 e. The molecule has 0 aromatic rings. The minimum absolute atomic E-state index is 0.107. The number of carbonyl (C=O) groups is 2. The number of carbonyl (C=O) groups excluding carboxylic acids is 2. The molecule has 0 heterocycles. The first-order chi connectivity index (χ1) is 8.08. The van der Waals surface area contributed by atoms with Crippen LogP contribution in [0.25, 0.3) is 0 Å². The van der Waals surface area contributed by atoms with Crippen LogP contribution in [0.3, 0.4) is 0 Å². The third-order valence-electron chi connectivity index (χ3n) is 2.09. The van der Waals surface area contributed by atoms with Crippen LogP contribution in [0.5, 0.6) is 0 Å². The summed E-state index contributed by atoms with van der Waals surface area (Å²) in [6, 6.07) is -0.925. The predicted octanol–water partition coefficient (Wildman–Crippen LogP) is 1.17. The molecule has 0 aliphatic rings. The summed E-state index contributed by atoms with van der Waals surface area (Å²) in [5, 5.41) is 0. The second-order valence-electron chi connectivity index (χ2n) is 3.41. The fraction of sp³-hybridized carbons (Fsp3) is 0.500. The molecule has 0 rings (SSSR count). The SMILES string of the molecule is C=CCOC(=O)[C@@H](N)C(CSC)C(=O)C=CC. The molecule has 17 heavy (non-hydrogen) atoms. The van der Waals surface area contributed by atoms with Crippen molar-refractivity contribution in [2.75, 3.05) is 18.6 Å². The van der Waals surface area contributed by atoms with Gasteiger partial charge in [-0.05, 0) is 19.3 Å². The molecule has 0 amide bonds. The Morgan fingerprint density at radius 3 is 2.65 bits per heavy atom. The van der Waals surface area contributed by atoms with Crippen LogP contribution < -0.4 is 5.73 Å². The van der Waals surface area contributed by atoms with Gasteiger partial charge < -0.3 is 10.5 Å². The Labute approximate surface area is 106 Å². The average Bonchev–Trinajstić information content (AvgIpc) is 2.32. The molecule has 0 saturated carbocycles. The molecular formula is C12H19NO3S. The molecule has 0 radical (unpaired) electrons. The lowest BCUT2D eigenvalue weighted by Gasteiger charge is -2.19. The van der Waals surface area contributed by atoms with Crippen LogP contribution >= 0.6 is 11.8 Å². The van der Waals surface area contributed by atoms with Crippen molar-refractivity contribution in [3.05, 3.63) is 24.8 Å². The molecule has 2 atom stereocenters. The van der Waals surface area contributed by atoms with Gasteiger partial charge in [-0.1, -0.05) is 18.7 Å². The third-order valence-corrected chi connectivity index (χ3v) is 2.78. The first kappa shape index (κ1) is 15.9. The van der Waals surface area contributed by atoms with Gasteiger partial charge in [0, 0.05) is 5.75 Å². The molecule has 0 aromatic carbocycles. The Morgan fingerprint density at radius 2 is 2.18 bits per heavy atom. The van der Waals surface area contributed by atoms with E-state index in [2.05, 4.69) is 6.58 Å². The summed E-state index contributed by atoms with van der Waals surface area (Å²) in [4.78, 5) is 23.3. The quantitative estimate of drug-likeness (QED) is 0.401. The number of hydrogen-bond donors (Lipinski definition) is 1. The maximum Gasteiger partial charge on any atom is 0.324 e. The van der Waals surface area contributed by atoms with E-state index in [9.17, 15) is 9.59 Å². The number of allylic oxidation sites excluding steroid dienone is 2. The third kappa shape index (κ3) is 5.70. The first-order valence-corrected chi connectivity index (χ1v) is 6.66. The lowest BCUT2D eigenvalue weighted by atomic mass is 9.97. The van der Waals surface area contributed by atoms with Gasteiger partial charge in [0.1, 0.15) is 12.6 Å². The molecule has 4 nitrogen and oxygen atoms in total. The van der Waals surface area contributed by atoms with Crippen LogP contribution in [0.1, 0.15) is 6.92 Å². The Balaban J connectivity index is 4.62. The van der Waals surface area contributed by atoms with Crippen molar-refractivity contribution < 1.29 is 14.3 Å². The van der Waals surface area contributed by atoms with E-state index in [-0.39, 0.29) is 12.4 Å². The van der Waals surface area contributed by atoms with Crippen molar-refractivity contribution in [2.45, 2.75) is 13.0 Å². The second-order valence-corrected chi connectivity index (χ2v) is 4.32. The molecule has 0 aliphatic carbocycles. The standard InChI is InChI=1S/C12H19NO3S/c1-4-6-10(14)9(8-17-3)11(13)12(15)16-7-5-2/h4-6,9,11H,2,7-8,13H2,1,3H3/t9?,11-/m0/s1. The average molecular weight is 257 g/mol. The Kier molecular flexibility index (Phi) is 8.44. The zero-order valence-corrected chi connectivity index (χ0v) is 11.0. The van der Waals surface area contributed by atoms with Gasteiger partial charge in [0.2, 0.25) is 0 Å². The van der Waals surface area contributed by atoms with Crippen molar-refractivity contribution in [3.63, 3.8) is 0 Å². The molecule has 0 bridgehead atoms. The van der Waals surface area contributed by atoms with Crippen molar-refractivity contribution in [1.29, 1.82) is 0 Å². The van der Waals surface area contributed by atoms with E-state index in [0.29, 0.717) is 5.75 Å². The van der Waals surface area contributed by atoms with E-state index < -0.39 is 17.9 Å². The summed E-state index contributed by atoms with van der Waals surface area (Å²) in [6.07, 6.45) is 6.39. The second kappa shape index (κ2) is 9.01. The van der Waals surface area contributed by atoms with E-state index in [1.807, 2.05) is 6.26 Å². The van der Waals surface area contributed by atoms with E-state index in [1.165, 1.54) is 23.9 Å². The van der Waals surface area contributed by atoms with Gasteiger partial charge in [-0.2, -0.15) is 11.8 Å². The number of hydrogen-bond acceptors (Lipinski definition) is 5. The number of esters is 1. The van der Waals surface area contributed by atoms with Crippen molar-refractivity contribution in [3.8, 4) is 0 Å². The number of ketones is 1. The van der Waals surface area contributed by atoms with Crippen LogP contribution in [0, 0.1) is 5.92 Å². The van der Waals surface area contributed by atoms with Gasteiger partial charge >= 0.3 is 5.97 Å². The number of rotatable bonds is 8. The van der Waals surface area contributed by atoms with Gasteiger partial charge in [0.15, 0.2) is 5.78 Å². The van der Waals surface area contributed by atoms with E-state index in [0.717, 1.165) is 0 Å². The maximum atomic E-state index is 11.7. The van der Waals surface area contributed by atoms with Crippen LogP contribution in [0.4, 0.5) is 0 Å². The van der Waals surface area contributed by atoms with E-state index in [1.54, 1.807) is 13.0 Å². The normalized spacial score (nSPS) is 14.3. The Hall–Kier alpha value is -1.07. The van der Waals surface area contributed by atoms with E-state index >= 15 is 0 Å². The zero-order chi connectivity index (χ0) is 13.3. The Morgan fingerprint density at radius 1 is 1.53 bits per heavy atom. The molecule has 1 unspecified atom stereocenters. The molecule has 0 fully saturated rings. The molecule has 5 heteroatoms. The van der Waals surface area contributed by atoms with Crippen molar-refractivity contribution >= 4 is 23.5 Å².